The molecule has 1 amide bonds. The molecule has 0 bridgehead atoms. The molecule has 3 aromatic rings. The fraction of sp³-hybridized carbons (Fsp3) is 0.143. The number of aromatic amines is 1. The number of aromatic nitrogens is 2. The van der Waals surface area contributed by atoms with E-state index in [-0.39, 0.29) is 23.3 Å². The molecule has 0 atom stereocenters. The van der Waals surface area contributed by atoms with Crippen molar-refractivity contribution in [2.45, 2.75) is 19.2 Å². The number of allylic oxidation sites excluding steroid dienone is 2. The van der Waals surface area contributed by atoms with Gasteiger partial charge in [-0.15, -0.1) is 13.2 Å². The van der Waals surface area contributed by atoms with Gasteiger partial charge in [0.15, 0.2) is 0 Å². The van der Waals surface area contributed by atoms with Gasteiger partial charge in [-0.05, 0) is 61.4 Å². The monoisotopic (exact) mass is 492 g/mol. The highest BCUT2D eigenvalue weighted by Crippen LogP contribution is 2.29. The fourth-order valence-corrected chi connectivity index (χ4v) is 3.33. The molecule has 6 nitrogen and oxygen atoms in total. The lowest BCUT2D eigenvalue weighted by molar-refractivity contribution is -0.304. The summed E-state index contributed by atoms with van der Waals surface area (Å²) in [4.78, 5) is 19.8. The van der Waals surface area contributed by atoms with Crippen LogP contribution in [0.5, 0.6) is 0 Å². The zero-order valence-corrected chi connectivity index (χ0v) is 17.5. The van der Waals surface area contributed by atoms with Gasteiger partial charge in [0.25, 0.3) is 5.91 Å². The SMILES string of the molecule is O=C(Nc1ccc(Br)cc1)c1ccc2nc(NC3=CCCC=C3OC(F)(F)F)[nH]c2c1. The highest BCUT2D eigenvalue weighted by molar-refractivity contribution is 9.10. The molecule has 2 aromatic carbocycles. The number of ether oxygens (including phenoxy) is 1. The number of carbonyl (C=O) groups is 1. The maximum atomic E-state index is 12.6. The van der Waals surface area contributed by atoms with Crippen LogP contribution in [0.3, 0.4) is 0 Å². The van der Waals surface area contributed by atoms with Gasteiger partial charge in [0, 0.05) is 15.7 Å². The molecule has 1 aliphatic rings. The highest BCUT2D eigenvalue weighted by atomic mass is 79.9. The Labute approximate surface area is 183 Å². The second-order valence-electron chi connectivity index (χ2n) is 6.71. The Morgan fingerprint density at radius 1 is 1.10 bits per heavy atom. The number of benzene rings is 2. The van der Waals surface area contributed by atoms with Gasteiger partial charge < -0.3 is 20.4 Å². The number of alkyl halides is 3. The predicted molar refractivity (Wildman–Crippen MR) is 114 cm³/mol. The lowest BCUT2D eigenvalue weighted by atomic mass is 10.1. The Kier molecular flexibility index (Phi) is 5.73. The molecule has 0 fully saturated rings. The first-order valence-electron chi connectivity index (χ1n) is 9.27. The molecular weight excluding hydrogens is 477 g/mol. The molecule has 10 heteroatoms. The van der Waals surface area contributed by atoms with E-state index in [1.54, 1.807) is 36.4 Å². The summed E-state index contributed by atoms with van der Waals surface area (Å²) in [6.45, 7) is 0. The van der Waals surface area contributed by atoms with E-state index in [0.717, 1.165) is 4.47 Å². The van der Waals surface area contributed by atoms with Crippen molar-refractivity contribution in [3.63, 3.8) is 0 Å². The maximum absolute atomic E-state index is 12.6. The van der Waals surface area contributed by atoms with Crippen LogP contribution in [0.2, 0.25) is 0 Å². The minimum Gasteiger partial charge on any atom is -0.404 e. The molecule has 1 aliphatic carbocycles. The van der Waals surface area contributed by atoms with Gasteiger partial charge in [0.05, 0.1) is 16.7 Å². The van der Waals surface area contributed by atoms with Crippen LogP contribution < -0.4 is 10.6 Å². The molecule has 0 saturated heterocycles. The van der Waals surface area contributed by atoms with Crippen molar-refractivity contribution < 1.29 is 22.7 Å². The molecule has 0 unspecified atom stereocenters. The van der Waals surface area contributed by atoms with E-state index in [2.05, 4.69) is 41.3 Å². The number of nitrogens with one attached hydrogen (secondary N) is 3. The van der Waals surface area contributed by atoms with Gasteiger partial charge in [-0.25, -0.2) is 4.98 Å². The summed E-state index contributed by atoms with van der Waals surface area (Å²) in [6, 6.07) is 12.1. The summed E-state index contributed by atoms with van der Waals surface area (Å²) in [5, 5.41) is 5.63. The molecule has 1 aromatic heterocycles. The third kappa shape index (κ3) is 5.26. The van der Waals surface area contributed by atoms with Gasteiger partial charge in [0.2, 0.25) is 5.95 Å². The van der Waals surface area contributed by atoms with Crippen molar-refractivity contribution >= 4 is 44.5 Å². The Morgan fingerprint density at radius 3 is 2.58 bits per heavy atom. The number of hydrogen-bond donors (Lipinski definition) is 3. The molecule has 0 spiro atoms. The van der Waals surface area contributed by atoms with E-state index in [9.17, 15) is 18.0 Å². The van der Waals surface area contributed by atoms with Crippen molar-refractivity contribution in [2.24, 2.45) is 0 Å². The highest BCUT2D eigenvalue weighted by Gasteiger charge is 2.33. The van der Waals surface area contributed by atoms with Crippen molar-refractivity contribution in [2.75, 3.05) is 10.6 Å². The number of amides is 1. The first-order chi connectivity index (χ1) is 14.8. The zero-order valence-electron chi connectivity index (χ0n) is 15.9. The van der Waals surface area contributed by atoms with Gasteiger partial charge in [0.1, 0.15) is 5.76 Å². The first-order valence-corrected chi connectivity index (χ1v) is 10.1. The molecule has 160 valence electrons. The van der Waals surface area contributed by atoms with Crippen molar-refractivity contribution in [3.8, 4) is 0 Å². The van der Waals surface area contributed by atoms with Crippen LogP contribution in [0.4, 0.5) is 24.8 Å². The minimum atomic E-state index is -4.78. The van der Waals surface area contributed by atoms with Gasteiger partial charge in [-0.3, -0.25) is 4.79 Å². The number of imidazole rings is 1. The van der Waals surface area contributed by atoms with E-state index in [1.807, 2.05) is 12.1 Å². The lowest BCUT2D eigenvalue weighted by Crippen LogP contribution is -2.18. The number of hydrogen-bond acceptors (Lipinski definition) is 4. The summed E-state index contributed by atoms with van der Waals surface area (Å²) in [5.41, 5.74) is 2.35. The van der Waals surface area contributed by atoms with Crippen molar-refractivity contribution in [1.29, 1.82) is 0 Å². The molecule has 3 N–H and O–H groups in total. The van der Waals surface area contributed by atoms with E-state index >= 15 is 0 Å². The largest absolute Gasteiger partial charge is 0.573 e. The minimum absolute atomic E-state index is 0.177. The molecule has 0 radical (unpaired) electrons. The Morgan fingerprint density at radius 2 is 1.84 bits per heavy atom. The van der Waals surface area contributed by atoms with E-state index in [0.29, 0.717) is 35.1 Å². The lowest BCUT2D eigenvalue weighted by Gasteiger charge is -2.18. The summed E-state index contributed by atoms with van der Waals surface area (Å²) in [5.74, 6) is -0.355. The summed E-state index contributed by atoms with van der Waals surface area (Å²) < 4.78 is 42.9. The smallest absolute Gasteiger partial charge is 0.404 e. The van der Waals surface area contributed by atoms with Crippen LogP contribution in [0.1, 0.15) is 23.2 Å². The van der Waals surface area contributed by atoms with E-state index < -0.39 is 6.36 Å². The summed E-state index contributed by atoms with van der Waals surface area (Å²) in [7, 11) is 0. The maximum Gasteiger partial charge on any atom is 0.573 e. The van der Waals surface area contributed by atoms with E-state index in [1.165, 1.54) is 6.08 Å². The molecule has 4 rings (SSSR count). The molecular formula is C21H16BrF3N4O2. The quantitative estimate of drug-likeness (QED) is 0.402. The Hall–Kier alpha value is -3.27. The summed E-state index contributed by atoms with van der Waals surface area (Å²) >= 11 is 3.34. The zero-order chi connectivity index (χ0) is 22.0. The van der Waals surface area contributed by atoms with Crippen molar-refractivity contribution in [3.05, 3.63) is 76.1 Å². The fourth-order valence-electron chi connectivity index (χ4n) is 3.06. The topological polar surface area (TPSA) is 79.0 Å². The standard InChI is InChI=1S/C21H16BrF3N4O2/c22-13-6-8-14(9-7-13)26-19(30)12-5-10-15-17(11-12)29-20(27-15)28-16-3-1-2-4-18(16)31-21(23,24)25/h3-11H,1-2H2,(H,26,30)(H2,27,28,29). The number of H-pyrrole nitrogens is 1. The third-order valence-electron chi connectivity index (χ3n) is 4.44. The summed E-state index contributed by atoms with van der Waals surface area (Å²) in [6.07, 6.45) is -0.759. The van der Waals surface area contributed by atoms with Gasteiger partial charge in [-0.2, -0.15) is 0 Å². The van der Waals surface area contributed by atoms with Gasteiger partial charge >= 0.3 is 6.36 Å². The Bertz CT molecular complexity index is 1180. The van der Waals surface area contributed by atoms with Crippen LogP contribution >= 0.6 is 15.9 Å². The number of halogens is 4. The number of carbonyl (C=O) groups excluding carboxylic acids is 1. The third-order valence-corrected chi connectivity index (χ3v) is 4.96. The predicted octanol–water partition coefficient (Wildman–Crippen LogP) is 6.09. The van der Waals surface area contributed by atoms with E-state index in [4.69, 9.17) is 0 Å². The van der Waals surface area contributed by atoms with Crippen molar-refractivity contribution in [1.82, 2.24) is 9.97 Å². The first kappa shape index (κ1) is 21.0. The van der Waals surface area contributed by atoms with Crippen LogP contribution in [0.15, 0.2) is 70.5 Å². The van der Waals surface area contributed by atoms with Crippen LogP contribution in [0.25, 0.3) is 11.0 Å². The number of rotatable bonds is 5. The normalized spacial score (nSPS) is 14.1. The number of anilines is 2. The Balaban J connectivity index is 1.51. The molecule has 0 aliphatic heterocycles. The van der Waals surface area contributed by atoms with Gasteiger partial charge in [-0.1, -0.05) is 22.0 Å². The molecule has 1 heterocycles. The molecule has 0 saturated carbocycles. The second kappa shape index (κ2) is 8.46. The van der Waals surface area contributed by atoms with Crippen LogP contribution in [-0.2, 0) is 4.74 Å². The number of fused-ring (bicyclic) bond motifs is 1. The van der Waals surface area contributed by atoms with Crippen LogP contribution in [0, 0.1) is 0 Å². The average Bonchev–Trinajstić information content (AvgIpc) is 3.11. The second-order valence-corrected chi connectivity index (χ2v) is 7.63. The van der Waals surface area contributed by atoms with Crippen LogP contribution in [-0.4, -0.2) is 22.2 Å². The number of nitrogens with zero attached hydrogens (tertiary/aromatic N) is 1. The average molecular weight is 493 g/mol. The molecule has 31 heavy (non-hydrogen) atoms.